The lowest BCUT2D eigenvalue weighted by Crippen LogP contribution is -2.55. The molecule has 13 heavy (non-hydrogen) atoms. The fourth-order valence-corrected chi connectivity index (χ4v) is 2.62. The zero-order valence-electron chi connectivity index (χ0n) is 8.55. The summed E-state index contributed by atoms with van der Waals surface area (Å²) < 4.78 is 6.01. The average molecular weight is 203 g/mol. The standard InChI is InChI=1S/C11H19ClO/c1-3-11(2)9(12)7-10(11)13-8-5-4-6-8/h8-10H,3-7H2,1-2H3. The number of rotatable bonds is 3. The van der Waals surface area contributed by atoms with Gasteiger partial charge in [0, 0.05) is 10.8 Å². The van der Waals surface area contributed by atoms with Gasteiger partial charge >= 0.3 is 0 Å². The van der Waals surface area contributed by atoms with Crippen molar-refractivity contribution in [3.63, 3.8) is 0 Å². The molecule has 0 spiro atoms. The van der Waals surface area contributed by atoms with Gasteiger partial charge < -0.3 is 4.74 Å². The summed E-state index contributed by atoms with van der Waals surface area (Å²) in [5.74, 6) is 0. The molecule has 3 unspecified atom stereocenters. The van der Waals surface area contributed by atoms with Crippen LogP contribution in [-0.4, -0.2) is 17.6 Å². The first-order chi connectivity index (χ1) is 6.16. The van der Waals surface area contributed by atoms with Gasteiger partial charge in [0.15, 0.2) is 0 Å². The molecule has 76 valence electrons. The summed E-state index contributed by atoms with van der Waals surface area (Å²) in [6.07, 6.45) is 7.07. The predicted molar refractivity (Wildman–Crippen MR) is 55.2 cm³/mol. The average Bonchev–Trinajstić information content (AvgIpc) is 2.07. The van der Waals surface area contributed by atoms with Crippen LogP contribution in [0, 0.1) is 5.41 Å². The van der Waals surface area contributed by atoms with Crippen LogP contribution in [0.4, 0.5) is 0 Å². The van der Waals surface area contributed by atoms with Gasteiger partial charge in [0.1, 0.15) is 0 Å². The summed E-state index contributed by atoms with van der Waals surface area (Å²) in [4.78, 5) is 0. The number of hydrogen-bond donors (Lipinski definition) is 0. The van der Waals surface area contributed by atoms with Crippen LogP contribution in [0.3, 0.4) is 0 Å². The molecule has 0 aromatic carbocycles. The molecule has 2 rings (SSSR count). The van der Waals surface area contributed by atoms with Crippen LogP contribution in [0.25, 0.3) is 0 Å². The maximum absolute atomic E-state index is 6.22. The molecular weight excluding hydrogens is 184 g/mol. The lowest BCUT2D eigenvalue weighted by atomic mass is 9.65. The molecule has 2 fully saturated rings. The molecule has 0 radical (unpaired) electrons. The molecule has 0 amide bonds. The lowest BCUT2D eigenvalue weighted by molar-refractivity contribution is -0.152. The minimum atomic E-state index is 0.247. The highest BCUT2D eigenvalue weighted by molar-refractivity contribution is 6.21. The van der Waals surface area contributed by atoms with Gasteiger partial charge in [-0.2, -0.15) is 0 Å². The van der Waals surface area contributed by atoms with E-state index < -0.39 is 0 Å². The minimum absolute atomic E-state index is 0.247. The summed E-state index contributed by atoms with van der Waals surface area (Å²) in [5.41, 5.74) is 0.247. The van der Waals surface area contributed by atoms with Gasteiger partial charge in [0.25, 0.3) is 0 Å². The van der Waals surface area contributed by atoms with Gasteiger partial charge in [-0.15, -0.1) is 11.6 Å². The first-order valence-corrected chi connectivity index (χ1v) is 5.90. The molecule has 1 nitrogen and oxygen atoms in total. The van der Waals surface area contributed by atoms with Crippen molar-refractivity contribution in [1.29, 1.82) is 0 Å². The van der Waals surface area contributed by atoms with Crippen molar-refractivity contribution >= 4 is 11.6 Å². The number of alkyl halides is 1. The van der Waals surface area contributed by atoms with E-state index in [1.54, 1.807) is 0 Å². The van der Waals surface area contributed by atoms with Gasteiger partial charge in [-0.1, -0.05) is 13.8 Å². The van der Waals surface area contributed by atoms with Crippen molar-refractivity contribution in [3.05, 3.63) is 0 Å². The number of halogens is 1. The van der Waals surface area contributed by atoms with E-state index in [0.29, 0.717) is 17.6 Å². The maximum Gasteiger partial charge on any atom is 0.0660 e. The Balaban J connectivity index is 1.86. The third-order valence-electron chi connectivity index (χ3n) is 4.04. The van der Waals surface area contributed by atoms with E-state index in [0.717, 1.165) is 12.8 Å². The number of ether oxygens (including phenoxy) is 1. The lowest BCUT2D eigenvalue weighted by Gasteiger charge is -2.52. The zero-order chi connectivity index (χ0) is 9.47. The van der Waals surface area contributed by atoms with Crippen LogP contribution < -0.4 is 0 Å². The highest BCUT2D eigenvalue weighted by Crippen LogP contribution is 2.50. The van der Waals surface area contributed by atoms with E-state index in [2.05, 4.69) is 13.8 Å². The second kappa shape index (κ2) is 3.43. The van der Waals surface area contributed by atoms with Gasteiger partial charge in [-0.3, -0.25) is 0 Å². The van der Waals surface area contributed by atoms with Crippen LogP contribution in [0.15, 0.2) is 0 Å². The van der Waals surface area contributed by atoms with Gasteiger partial charge in [-0.25, -0.2) is 0 Å². The largest absolute Gasteiger partial charge is 0.374 e. The topological polar surface area (TPSA) is 9.23 Å². The van der Waals surface area contributed by atoms with Crippen molar-refractivity contribution in [2.24, 2.45) is 5.41 Å². The molecule has 0 aromatic rings. The van der Waals surface area contributed by atoms with Crippen LogP contribution >= 0.6 is 11.6 Å². The summed E-state index contributed by atoms with van der Waals surface area (Å²) in [7, 11) is 0. The predicted octanol–water partition coefficient (Wildman–Crippen LogP) is 3.35. The fraction of sp³-hybridized carbons (Fsp3) is 1.00. The van der Waals surface area contributed by atoms with Crippen molar-refractivity contribution in [2.75, 3.05) is 0 Å². The zero-order valence-corrected chi connectivity index (χ0v) is 9.31. The molecule has 2 aliphatic rings. The molecule has 0 aliphatic heterocycles. The van der Waals surface area contributed by atoms with E-state index in [4.69, 9.17) is 16.3 Å². The van der Waals surface area contributed by atoms with Crippen molar-refractivity contribution < 1.29 is 4.74 Å². The van der Waals surface area contributed by atoms with Gasteiger partial charge in [0.2, 0.25) is 0 Å². The van der Waals surface area contributed by atoms with Crippen molar-refractivity contribution in [3.8, 4) is 0 Å². The summed E-state index contributed by atoms with van der Waals surface area (Å²) in [6, 6.07) is 0. The molecule has 0 bridgehead atoms. The molecule has 0 aromatic heterocycles. The third kappa shape index (κ3) is 1.50. The second-order valence-corrected chi connectivity index (χ2v) is 5.27. The molecule has 2 heteroatoms. The highest BCUT2D eigenvalue weighted by atomic mass is 35.5. The molecular formula is C11H19ClO. The van der Waals surface area contributed by atoms with Gasteiger partial charge in [0.05, 0.1) is 12.2 Å². The smallest absolute Gasteiger partial charge is 0.0660 e. The Morgan fingerprint density at radius 2 is 2.15 bits per heavy atom. The Morgan fingerprint density at radius 1 is 1.46 bits per heavy atom. The SMILES string of the molecule is CCC1(C)C(Cl)CC1OC1CCC1. The van der Waals surface area contributed by atoms with E-state index >= 15 is 0 Å². The first kappa shape index (κ1) is 9.79. The molecule has 0 N–H and O–H groups in total. The molecule has 0 saturated heterocycles. The third-order valence-corrected chi connectivity index (χ3v) is 4.72. The molecule has 0 heterocycles. The van der Waals surface area contributed by atoms with E-state index in [-0.39, 0.29) is 5.41 Å². The second-order valence-electron chi connectivity index (χ2n) is 4.74. The Morgan fingerprint density at radius 3 is 2.54 bits per heavy atom. The van der Waals surface area contributed by atoms with E-state index in [1.165, 1.54) is 19.3 Å². The van der Waals surface area contributed by atoms with E-state index in [9.17, 15) is 0 Å². The molecule has 3 atom stereocenters. The Labute approximate surface area is 85.8 Å². The first-order valence-electron chi connectivity index (χ1n) is 5.46. The molecule has 2 saturated carbocycles. The van der Waals surface area contributed by atoms with E-state index in [1.807, 2.05) is 0 Å². The van der Waals surface area contributed by atoms with Crippen LogP contribution in [-0.2, 0) is 4.74 Å². The Bertz CT molecular complexity index is 191. The quantitative estimate of drug-likeness (QED) is 0.638. The normalized spacial score (nSPS) is 45.5. The Kier molecular flexibility index (Phi) is 2.59. The van der Waals surface area contributed by atoms with Crippen LogP contribution in [0.5, 0.6) is 0 Å². The van der Waals surface area contributed by atoms with Crippen molar-refractivity contribution in [2.45, 2.75) is 63.5 Å². The Hall–Kier alpha value is 0.250. The minimum Gasteiger partial charge on any atom is -0.374 e. The monoisotopic (exact) mass is 202 g/mol. The molecule has 2 aliphatic carbocycles. The number of hydrogen-bond acceptors (Lipinski definition) is 1. The van der Waals surface area contributed by atoms with Crippen LogP contribution in [0.2, 0.25) is 0 Å². The van der Waals surface area contributed by atoms with Gasteiger partial charge in [-0.05, 0) is 32.1 Å². The summed E-state index contributed by atoms with van der Waals surface area (Å²) in [5, 5.41) is 0.336. The van der Waals surface area contributed by atoms with Crippen LogP contribution in [0.1, 0.15) is 46.0 Å². The summed E-state index contributed by atoms with van der Waals surface area (Å²) in [6.45, 7) is 4.48. The summed E-state index contributed by atoms with van der Waals surface area (Å²) >= 11 is 6.22. The van der Waals surface area contributed by atoms with Crippen molar-refractivity contribution in [1.82, 2.24) is 0 Å². The highest BCUT2D eigenvalue weighted by Gasteiger charge is 2.51. The fourth-order valence-electron chi connectivity index (χ4n) is 2.17. The maximum atomic E-state index is 6.22.